The lowest BCUT2D eigenvalue weighted by Gasteiger charge is -2.31. The molecule has 4 nitrogen and oxygen atoms in total. The van der Waals surface area contributed by atoms with Crippen molar-refractivity contribution in [1.82, 2.24) is 4.90 Å². The largest absolute Gasteiger partial charge is 0.444 e. The molecule has 4 heteroatoms. The molecule has 90 valence electrons. The number of aliphatic hydroxyl groups excluding tert-OH is 1. The van der Waals surface area contributed by atoms with Gasteiger partial charge in [-0.2, -0.15) is 0 Å². The molecule has 0 spiro atoms. The normalized spacial score (nSPS) is 13.5. The molecule has 0 aromatic carbocycles. The van der Waals surface area contributed by atoms with Gasteiger partial charge in [-0.1, -0.05) is 6.92 Å². The Labute approximate surface area is 92.2 Å². The molecular formula is C11H23NO3. The molecule has 1 N–H and O–H groups in total. The van der Waals surface area contributed by atoms with E-state index >= 15 is 0 Å². The van der Waals surface area contributed by atoms with Gasteiger partial charge in [0.25, 0.3) is 0 Å². The summed E-state index contributed by atoms with van der Waals surface area (Å²) >= 11 is 0. The van der Waals surface area contributed by atoms with Crippen LogP contribution in [0, 0.1) is 0 Å². The summed E-state index contributed by atoms with van der Waals surface area (Å²) in [5.74, 6) is 0. The Kier molecular flexibility index (Phi) is 5.65. The molecule has 0 fully saturated rings. The van der Waals surface area contributed by atoms with Gasteiger partial charge in [0.15, 0.2) is 0 Å². The molecule has 0 bridgehead atoms. The average molecular weight is 217 g/mol. The van der Waals surface area contributed by atoms with Crippen LogP contribution in [-0.2, 0) is 4.74 Å². The molecule has 1 amide bonds. The van der Waals surface area contributed by atoms with E-state index in [0.717, 1.165) is 6.42 Å². The van der Waals surface area contributed by atoms with E-state index in [0.29, 0.717) is 6.54 Å². The summed E-state index contributed by atoms with van der Waals surface area (Å²) in [6, 6.07) is -0.148. The van der Waals surface area contributed by atoms with Crippen molar-refractivity contribution in [2.75, 3.05) is 13.2 Å². The van der Waals surface area contributed by atoms with Crippen molar-refractivity contribution in [3.05, 3.63) is 0 Å². The molecule has 0 aromatic rings. The molecule has 15 heavy (non-hydrogen) atoms. The number of hydrogen-bond donors (Lipinski definition) is 1. The van der Waals surface area contributed by atoms with Gasteiger partial charge in [0.05, 0.1) is 12.6 Å². The van der Waals surface area contributed by atoms with Gasteiger partial charge in [-0.05, 0) is 34.1 Å². The topological polar surface area (TPSA) is 49.8 Å². The third-order valence-electron chi connectivity index (χ3n) is 2.09. The first-order valence-corrected chi connectivity index (χ1v) is 5.46. The molecular weight excluding hydrogens is 194 g/mol. The SMILES string of the molecule is CCC(CO)N(CC)C(=O)OC(C)(C)C. The zero-order valence-corrected chi connectivity index (χ0v) is 10.4. The fourth-order valence-electron chi connectivity index (χ4n) is 1.30. The van der Waals surface area contributed by atoms with Gasteiger partial charge in [0.2, 0.25) is 0 Å². The van der Waals surface area contributed by atoms with E-state index in [1.54, 1.807) is 4.90 Å². The van der Waals surface area contributed by atoms with Crippen molar-refractivity contribution in [3.63, 3.8) is 0 Å². The molecule has 0 saturated heterocycles. The van der Waals surface area contributed by atoms with Crippen LogP contribution in [0.1, 0.15) is 41.0 Å². The second kappa shape index (κ2) is 5.95. The van der Waals surface area contributed by atoms with Gasteiger partial charge in [-0.15, -0.1) is 0 Å². The number of nitrogens with zero attached hydrogens (tertiary/aromatic N) is 1. The zero-order valence-electron chi connectivity index (χ0n) is 10.4. The number of carbonyl (C=O) groups is 1. The van der Waals surface area contributed by atoms with Crippen LogP contribution in [-0.4, -0.2) is 40.9 Å². The second-order valence-corrected chi connectivity index (χ2v) is 4.51. The van der Waals surface area contributed by atoms with E-state index < -0.39 is 5.60 Å². The first kappa shape index (κ1) is 14.2. The Balaban J connectivity index is 4.46. The third-order valence-corrected chi connectivity index (χ3v) is 2.09. The monoisotopic (exact) mass is 217 g/mol. The first-order chi connectivity index (χ1) is 6.85. The predicted molar refractivity (Wildman–Crippen MR) is 59.8 cm³/mol. The summed E-state index contributed by atoms with van der Waals surface area (Å²) in [5, 5.41) is 9.13. The van der Waals surface area contributed by atoms with Crippen LogP contribution >= 0.6 is 0 Å². The fourth-order valence-corrected chi connectivity index (χ4v) is 1.30. The molecule has 0 aromatic heterocycles. The van der Waals surface area contributed by atoms with Crippen LogP contribution in [0.25, 0.3) is 0 Å². The van der Waals surface area contributed by atoms with Crippen molar-refractivity contribution in [1.29, 1.82) is 0 Å². The highest BCUT2D eigenvalue weighted by atomic mass is 16.6. The minimum atomic E-state index is -0.488. The highest BCUT2D eigenvalue weighted by Gasteiger charge is 2.25. The number of hydrogen-bond acceptors (Lipinski definition) is 3. The minimum Gasteiger partial charge on any atom is -0.444 e. The van der Waals surface area contributed by atoms with Crippen LogP contribution < -0.4 is 0 Å². The Morgan fingerprint density at radius 3 is 2.20 bits per heavy atom. The van der Waals surface area contributed by atoms with E-state index in [1.807, 2.05) is 34.6 Å². The van der Waals surface area contributed by atoms with Crippen LogP contribution in [0.15, 0.2) is 0 Å². The van der Waals surface area contributed by atoms with Crippen molar-refractivity contribution < 1.29 is 14.6 Å². The number of rotatable bonds is 4. The smallest absolute Gasteiger partial charge is 0.410 e. The maximum atomic E-state index is 11.7. The molecule has 0 rings (SSSR count). The van der Waals surface area contributed by atoms with Crippen LogP contribution in [0.3, 0.4) is 0 Å². The third kappa shape index (κ3) is 5.02. The van der Waals surface area contributed by atoms with Gasteiger partial charge in [-0.25, -0.2) is 4.79 Å². The predicted octanol–water partition coefficient (Wildman–Crippen LogP) is 2.01. The molecule has 1 atom stereocenters. The summed E-state index contributed by atoms with van der Waals surface area (Å²) in [4.78, 5) is 13.3. The Morgan fingerprint density at radius 1 is 1.40 bits per heavy atom. The Morgan fingerprint density at radius 2 is 1.93 bits per heavy atom. The standard InChI is InChI=1S/C11H23NO3/c1-6-9(8-13)12(7-2)10(14)15-11(3,4)5/h9,13H,6-8H2,1-5H3. The summed E-state index contributed by atoms with van der Waals surface area (Å²) < 4.78 is 5.25. The first-order valence-electron chi connectivity index (χ1n) is 5.46. The average Bonchev–Trinajstić information content (AvgIpc) is 2.10. The van der Waals surface area contributed by atoms with Crippen molar-refractivity contribution in [2.45, 2.75) is 52.7 Å². The maximum absolute atomic E-state index is 11.7. The van der Waals surface area contributed by atoms with Crippen molar-refractivity contribution in [3.8, 4) is 0 Å². The van der Waals surface area contributed by atoms with Gasteiger partial charge < -0.3 is 14.7 Å². The van der Waals surface area contributed by atoms with Crippen LogP contribution in [0.2, 0.25) is 0 Å². The van der Waals surface area contributed by atoms with E-state index in [2.05, 4.69) is 0 Å². The molecule has 0 aliphatic carbocycles. The van der Waals surface area contributed by atoms with Crippen LogP contribution in [0.5, 0.6) is 0 Å². The van der Waals surface area contributed by atoms with Gasteiger partial charge >= 0.3 is 6.09 Å². The Bertz CT molecular complexity index is 194. The van der Waals surface area contributed by atoms with Gasteiger partial charge in [0, 0.05) is 6.54 Å². The summed E-state index contributed by atoms with van der Waals surface area (Å²) in [6.07, 6.45) is 0.370. The summed E-state index contributed by atoms with van der Waals surface area (Å²) in [7, 11) is 0. The number of likely N-dealkylation sites (N-methyl/N-ethyl adjacent to an activating group) is 1. The van der Waals surface area contributed by atoms with Crippen molar-refractivity contribution in [2.24, 2.45) is 0 Å². The minimum absolute atomic E-state index is 0.0242. The lowest BCUT2D eigenvalue weighted by Crippen LogP contribution is -2.44. The molecule has 0 radical (unpaired) electrons. The number of amides is 1. The zero-order chi connectivity index (χ0) is 12.1. The lowest BCUT2D eigenvalue weighted by molar-refractivity contribution is 0.0102. The fraction of sp³-hybridized carbons (Fsp3) is 0.909. The Hall–Kier alpha value is -0.770. The van der Waals surface area contributed by atoms with Crippen LogP contribution in [0.4, 0.5) is 4.79 Å². The van der Waals surface area contributed by atoms with E-state index in [4.69, 9.17) is 9.84 Å². The van der Waals surface area contributed by atoms with Gasteiger partial charge in [0.1, 0.15) is 5.60 Å². The number of aliphatic hydroxyl groups is 1. The molecule has 1 unspecified atom stereocenters. The summed E-state index contributed by atoms with van der Waals surface area (Å²) in [6.45, 7) is 9.84. The molecule has 0 aliphatic rings. The quantitative estimate of drug-likeness (QED) is 0.783. The second-order valence-electron chi connectivity index (χ2n) is 4.51. The van der Waals surface area contributed by atoms with Crippen molar-refractivity contribution >= 4 is 6.09 Å². The molecule has 0 saturated carbocycles. The molecule has 0 aliphatic heterocycles. The number of carbonyl (C=O) groups excluding carboxylic acids is 1. The highest BCUT2D eigenvalue weighted by molar-refractivity contribution is 5.68. The van der Waals surface area contributed by atoms with E-state index in [9.17, 15) is 4.79 Å². The van der Waals surface area contributed by atoms with Gasteiger partial charge in [-0.3, -0.25) is 0 Å². The van der Waals surface area contributed by atoms with E-state index in [-0.39, 0.29) is 18.7 Å². The number of ether oxygens (including phenoxy) is 1. The summed E-state index contributed by atoms with van der Waals surface area (Å²) in [5.41, 5.74) is -0.488. The van der Waals surface area contributed by atoms with E-state index in [1.165, 1.54) is 0 Å². The maximum Gasteiger partial charge on any atom is 0.410 e. The highest BCUT2D eigenvalue weighted by Crippen LogP contribution is 2.12. The molecule has 0 heterocycles. The lowest BCUT2D eigenvalue weighted by atomic mass is 10.2.